The summed E-state index contributed by atoms with van der Waals surface area (Å²) in [6.07, 6.45) is 1.49. The van der Waals surface area contributed by atoms with Gasteiger partial charge in [-0.25, -0.2) is 5.43 Å². The van der Waals surface area contributed by atoms with Crippen molar-refractivity contribution in [2.24, 2.45) is 5.10 Å². The number of benzene rings is 2. The van der Waals surface area contributed by atoms with E-state index in [0.29, 0.717) is 28.4 Å². The Morgan fingerprint density at radius 2 is 1.78 bits per heavy atom. The van der Waals surface area contributed by atoms with E-state index in [-0.39, 0.29) is 5.76 Å². The number of nitrogens with one attached hydrogen (secondary N) is 1. The third-order valence-electron chi connectivity index (χ3n) is 3.82. The van der Waals surface area contributed by atoms with Crippen molar-refractivity contribution >= 4 is 39.0 Å². The minimum Gasteiger partial charge on any atom is -0.493 e. The lowest BCUT2D eigenvalue weighted by atomic mass is 10.2. The smallest absolute Gasteiger partial charge is 0.307 e. The average molecular weight is 433 g/mol. The molecule has 0 aliphatic carbocycles. The first kappa shape index (κ1) is 18.8. The van der Waals surface area contributed by atoms with Gasteiger partial charge in [0.1, 0.15) is 0 Å². The maximum atomic E-state index is 12.3. The number of halogens is 1. The van der Waals surface area contributed by atoms with Crippen molar-refractivity contribution in [1.29, 1.82) is 0 Å². The molecule has 0 saturated carbocycles. The van der Waals surface area contributed by atoms with Gasteiger partial charge in [0.05, 0.1) is 27.5 Å². The summed E-state index contributed by atoms with van der Waals surface area (Å²) in [5.74, 6) is 1.36. The summed E-state index contributed by atoms with van der Waals surface area (Å²) in [5, 5.41) is 4.75. The molecular weight excluding hydrogens is 416 g/mol. The number of amides is 1. The van der Waals surface area contributed by atoms with E-state index in [1.54, 1.807) is 45.6 Å². The molecule has 0 atom stereocenters. The fraction of sp³-hybridized carbons (Fsp3) is 0.158. The van der Waals surface area contributed by atoms with Crippen LogP contribution in [0.4, 0.5) is 0 Å². The summed E-state index contributed by atoms with van der Waals surface area (Å²) in [7, 11) is 4.65. The first-order chi connectivity index (χ1) is 13.1. The molecule has 3 aromatic rings. The second kappa shape index (κ2) is 8.13. The van der Waals surface area contributed by atoms with Crippen LogP contribution in [-0.4, -0.2) is 33.5 Å². The van der Waals surface area contributed by atoms with E-state index in [0.717, 1.165) is 9.86 Å². The summed E-state index contributed by atoms with van der Waals surface area (Å²) in [6.45, 7) is 0. The Hall–Kier alpha value is -3.00. The Balaban J connectivity index is 1.78. The number of para-hydroxylation sites is 1. The number of methoxy groups -OCH3 is 3. The van der Waals surface area contributed by atoms with E-state index in [1.165, 1.54) is 6.21 Å². The lowest BCUT2D eigenvalue weighted by Crippen LogP contribution is -2.16. The second-order valence-electron chi connectivity index (χ2n) is 5.42. The van der Waals surface area contributed by atoms with Crippen LogP contribution in [0.15, 0.2) is 50.4 Å². The molecule has 1 N–H and O–H groups in total. The minimum absolute atomic E-state index is 0.137. The minimum atomic E-state index is -0.471. The quantitative estimate of drug-likeness (QED) is 0.470. The lowest BCUT2D eigenvalue weighted by Gasteiger charge is -2.09. The maximum Gasteiger partial charge on any atom is 0.307 e. The predicted octanol–water partition coefficient (Wildman–Crippen LogP) is 3.99. The van der Waals surface area contributed by atoms with Crippen molar-refractivity contribution in [3.8, 4) is 17.2 Å². The zero-order valence-corrected chi connectivity index (χ0v) is 16.5. The second-order valence-corrected chi connectivity index (χ2v) is 6.27. The van der Waals surface area contributed by atoms with Crippen LogP contribution in [0.5, 0.6) is 17.2 Å². The van der Waals surface area contributed by atoms with E-state index < -0.39 is 5.91 Å². The molecule has 7 nitrogen and oxygen atoms in total. The molecule has 0 unspecified atom stereocenters. The predicted molar refractivity (Wildman–Crippen MR) is 105 cm³/mol. The highest BCUT2D eigenvalue weighted by Gasteiger charge is 2.14. The normalized spacial score (nSPS) is 11.0. The largest absolute Gasteiger partial charge is 0.493 e. The van der Waals surface area contributed by atoms with Gasteiger partial charge in [-0.3, -0.25) is 4.79 Å². The fourth-order valence-corrected chi connectivity index (χ4v) is 2.92. The van der Waals surface area contributed by atoms with Crippen LogP contribution in [-0.2, 0) is 0 Å². The van der Waals surface area contributed by atoms with Gasteiger partial charge in [0.2, 0.25) is 0 Å². The van der Waals surface area contributed by atoms with Gasteiger partial charge in [0, 0.05) is 15.4 Å². The Bertz CT molecular complexity index is 1010. The fourth-order valence-electron chi connectivity index (χ4n) is 2.49. The Kier molecular flexibility index (Phi) is 5.66. The van der Waals surface area contributed by atoms with Crippen LogP contribution in [0, 0.1) is 0 Å². The summed E-state index contributed by atoms with van der Waals surface area (Å²) in [4.78, 5) is 12.3. The van der Waals surface area contributed by atoms with Gasteiger partial charge in [-0.15, -0.1) is 0 Å². The average Bonchev–Trinajstić information content (AvgIpc) is 3.13. The third kappa shape index (κ3) is 3.90. The number of hydrazone groups is 1. The van der Waals surface area contributed by atoms with Crippen LogP contribution < -0.4 is 19.6 Å². The molecule has 0 radical (unpaired) electrons. The first-order valence-electron chi connectivity index (χ1n) is 7.89. The molecule has 2 aromatic carbocycles. The number of carbonyl (C=O) groups is 1. The Labute approximate surface area is 164 Å². The maximum absolute atomic E-state index is 12.3. The number of nitrogens with zero attached hydrogens (tertiary/aromatic N) is 1. The zero-order valence-electron chi connectivity index (χ0n) is 14.9. The van der Waals surface area contributed by atoms with Gasteiger partial charge in [-0.05, 0) is 40.2 Å². The van der Waals surface area contributed by atoms with Crippen molar-refractivity contribution in [3.63, 3.8) is 0 Å². The lowest BCUT2D eigenvalue weighted by molar-refractivity contribution is 0.0929. The van der Waals surface area contributed by atoms with Crippen molar-refractivity contribution in [2.75, 3.05) is 21.3 Å². The van der Waals surface area contributed by atoms with Crippen LogP contribution in [0.25, 0.3) is 11.0 Å². The Morgan fingerprint density at radius 3 is 2.48 bits per heavy atom. The van der Waals surface area contributed by atoms with E-state index >= 15 is 0 Å². The molecule has 140 valence electrons. The van der Waals surface area contributed by atoms with E-state index in [1.807, 2.05) is 12.1 Å². The molecule has 1 amide bonds. The van der Waals surface area contributed by atoms with Crippen LogP contribution in [0.2, 0.25) is 0 Å². The van der Waals surface area contributed by atoms with Crippen molar-refractivity contribution in [1.82, 2.24) is 5.43 Å². The molecule has 0 aliphatic heterocycles. The van der Waals surface area contributed by atoms with Gasteiger partial charge in [0.15, 0.2) is 28.6 Å². The Morgan fingerprint density at radius 1 is 1.07 bits per heavy atom. The van der Waals surface area contributed by atoms with Crippen LogP contribution in [0.3, 0.4) is 0 Å². The number of fused-ring (bicyclic) bond motifs is 1. The zero-order chi connectivity index (χ0) is 19.4. The molecule has 0 bridgehead atoms. The van der Waals surface area contributed by atoms with Crippen LogP contribution in [0.1, 0.15) is 16.1 Å². The van der Waals surface area contributed by atoms with E-state index in [9.17, 15) is 4.79 Å². The molecule has 27 heavy (non-hydrogen) atoms. The van der Waals surface area contributed by atoms with E-state index in [4.69, 9.17) is 18.6 Å². The molecule has 0 aliphatic rings. The summed E-state index contributed by atoms with van der Waals surface area (Å²) < 4.78 is 22.1. The standard InChI is InChI=1S/C19H17BrN2O5/c1-24-14-6-4-5-11-7-17(27-18(11)14)19(23)22-21-10-12-8-15(25-2)16(26-3)9-13(12)20/h4-10H,1-3H3,(H,22,23)/b21-10-. The molecule has 0 fully saturated rings. The monoisotopic (exact) mass is 432 g/mol. The van der Waals surface area contributed by atoms with Gasteiger partial charge in [0.25, 0.3) is 0 Å². The molecular formula is C19H17BrN2O5. The summed E-state index contributed by atoms with van der Waals surface area (Å²) in [5.41, 5.74) is 3.66. The van der Waals surface area contributed by atoms with Crippen LogP contribution >= 0.6 is 15.9 Å². The summed E-state index contributed by atoms with van der Waals surface area (Å²) >= 11 is 3.43. The van der Waals surface area contributed by atoms with Gasteiger partial charge in [-0.1, -0.05) is 12.1 Å². The molecule has 0 spiro atoms. The number of furan rings is 1. The molecule has 1 aromatic heterocycles. The highest BCUT2D eigenvalue weighted by atomic mass is 79.9. The van der Waals surface area contributed by atoms with Gasteiger partial charge >= 0.3 is 5.91 Å². The van der Waals surface area contributed by atoms with Crippen molar-refractivity contribution in [2.45, 2.75) is 0 Å². The molecule has 1 heterocycles. The van der Waals surface area contributed by atoms with E-state index in [2.05, 4.69) is 26.5 Å². The van der Waals surface area contributed by atoms with Crippen molar-refractivity contribution in [3.05, 3.63) is 52.2 Å². The van der Waals surface area contributed by atoms with Crippen molar-refractivity contribution < 1.29 is 23.4 Å². The first-order valence-corrected chi connectivity index (χ1v) is 8.68. The SMILES string of the molecule is COc1cc(Br)c(/C=N\NC(=O)c2cc3cccc(OC)c3o2)cc1OC. The summed E-state index contributed by atoms with van der Waals surface area (Å²) in [6, 6.07) is 10.6. The molecule has 0 saturated heterocycles. The highest BCUT2D eigenvalue weighted by molar-refractivity contribution is 9.10. The molecule has 3 rings (SSSR count). The highest BCUT2D eigenvalue weighted by Crippen LogP contribution is 2.32. The third-order valence-corrected chi connectivity index (χ3v) is 4.51. The van der Waals surface area contributed by atoms with Gasteiger partial charge in [-0.2, -0.15) is 5.10 Å². The number of ether oxygens (including phenoxy) is 3. The number of hydrogen-bond acceptors (Lipinski definition) is 6. The topological polar surface area (TPSA) is 82.3 Å². The van der Waals surface area contributed by atoms with Gasteiger partial charge < -0.3 is 18.6 Å². The molecule has 8 heteroatoms. The number of hydrogen-bond donors (Lipinski definition) is 1. The number of carbonyl (C=O) groups excluding carboxylic acids is 1. The number of rotatable bonds is 6.